The summed E-state index contributed by atoms with van der Waals surface area (Å²) >= 11 is 13.0. The van der Waals surface area contributed by atoms with Gasteiger partial charge in [0.2, 0.25) is 5.13 Å². The highest BCUT2D eigenvalue weighted by atomic mass is 35.5. The van der Waals surface area contributed by atoms with E-state index in [1.54, 1.807) is 0 Å². The van der Waals surface area contributed by atoms with E-state index in [0.717, 1.165) is 22.5 Å². The van der Waals surface area contributed by atoms with Crippen LogP contribution >= 0.6 is 35.2 Å². The molecule has 2 N–H and O–H groups in total. The van der Waals surface area contributed by atoms with Crippen molar-refractivity contribution in [2.24, 2.45) is 0 Å². The first-order valence-corrected chi connectivity index (χ1v) is 11.8. The van der Waals surface area contributed by atoms with Gasteiger partial charge in [0.1, 0.15) is 10.6 Å². The van der Waals surface area contributed by atoms with Crippen LogP contribution in [0.4, 0.5) is 5.69 Å². The number of thiocarbonyl (C=S) groups is 1. The van der Waals surface area contributed by atoms with Crippen molar-refractivity contribution in [3.63, 3.8) is 0 Å². The Morgan fingerprint density at radius 2 is 1.61 bits per heavy atom. The molecule has 0 radical (unpaired) electrons. The fourth-order valence-electron chi connectivity index (χ4n) is 3.43. The second-order valence-electron chi connectivity index (χ2n) is 7.21. The number of hydrogen-bond donors (Lipinski definition) is 2. The molecule has 33 heavy (non-hydrogen) atoms. The number of rotatable bonds is 5. The van der Waals surface area contributed by atoms with E-state index < -0.39 is 0 Å². The summed E-state index contributed by atoms with van der Waals surface area (Å²) in [6.45, 7) is 0. The van der Waals surface area contributed by atoms with Crippen molar-refractivity contribution in [1.82, 2.24) is 14.8 Å². The zero-order chi connectivity index (χ0) is 22.8. The van der Waals surface area contributed by atoms with Crippen LogP contribution in [0, 0.1) is 0 Å². The lowest BCUT2D eigenvalue weighted by Crippen LogP contribution is -2.23. The molecule has 0 atom stereocenters. The van der Waals surface area contributed by atoms with Crippen LogP contribution in [0.25, 0.3) is 27.6 Å². The van der Waals surface area contributed by atoms with Gasteiger partial charge in [0, 0.05) is 27.2 Å². The first-order valence-electron chi connectivity index (χ1n) is 10.1. The van der Waals surface area contributed by atoms with Gasteiger partial charge in [-0.25, -0.2) is 4.98 Å². The number of aromatic amines is 1. The number of hydrogen-bond acceptors (Lipinski definition) is 4. The monoisotopic (exact) mass is 488 g/mol. The third kappa shape index (κ3) is 4.39. The second kappa shape index (κ2) is 9.15. The fraction of sp³-hybridized carbons (Fsp3) is 0. The van der Waals surface area contributed by atoms with Crippen LogP contribution in [0.5, 0.6) is 0 Å². The molecule has 0 bridgehead atoms. The van der Waals surface area contributed by atoms with Crippen LogP contribution in [0.15, 0.2) is 95.1 Å². The van der Waals surface area contributed by atoms with Gasteiger partial charge in [-0.05, 0) is 24.3 Å². The molecule has 8 heteroatoms. The molecule has 0 aliphatic heterocycles. The number of thiazole rings is 1. The average molecular weight is 489 g/mol. The number of nitrogens with zero attached hydrogens (tertiary/aromatic N) is 2. The second-order valence-corrected chi connectivity index (χ2v) is 8.89. The molecule has 0 amide bonds. The Hall–Kier alpha value is -3.52. The predicted molar refractivity (Wildman–Crippen MR) is 140 cm³/mol. The Labute approximate surface area is 204 Å². The van der Waals surface area contributed by atoms with Gasteiger partial charge in [-0.2, -0.15) is 4.68 Å². The number of aromatic nitrogens is 3. The van der Waals surface area contributed by atoms with Crippen molar-refractivity contribution < 1.29 is 0 Å². The maximum absolute atomic E-state index is 13.5. The number of H-pyrrole nitrogens is 1. The van der Waals surface area contributed by atoms with E-state index in [2.05, 4.69) is 15.4 Å². The first kappa shape index (κ1) is 21.3. The van der Waals surface area contributed by atoms with E-state index in [0.29, 0.717) is 26.4 Å². The van der Waals surface area contributed by atoms with E-state index in [1.165, 1.54) is 16.0 Å². The zero-order valence-electron chi connectivity index (χ0n) is 17.2. The molecule has 162 valence electrons. The van der Waals surface area contributed by atoms with Crippen LogP contribution in [0.1, 0.15) is 5.56 Å². The van der Waals surface area contributed by atoms with E-state index in [-0.39, 0.29) is 5.56 Å². The van der Waals surface area contributed by atoms with Crippen LogP contribution in [-0.2, 0) is 0 Å². The Balaban J connectivity index is 1.59. The molecule has 0 fully saturated rings. The van der Waals surface area contributed by atoms with Crippen molar-refractivity contribution in [2.75, 3.05) is 5.32 Å². The molecule has 5 aromatic rings. The number of benzene rings is 3. The van der Waals surface area contributed by atoms with Gasteiger partial charge in [0.05, 0.1) is 11.4 Å². The van der Waals surface area contributed by atoms with Gasteiger partial charge in [0.15, 0.2) is 0 Å². The smallest absolute Gasteiger partial charge is 0.284 e. The normalized spacial score (nSPS) is 10.8. The Bertz CT molecular complexity index is 1470. The van der Waals surface area contributed by atoms with Crippen molar-refractivity contribution in [2.45, 2.75) is 0 Å². The number of anilines is 1. The summed E-state index contributed by atoms with van der Waals surface area (Å²) in [5.74, 6) is 0. The summed E-state index contributed by atoms with van der Waals surface area (Å²) in [7, 11) is 0. The van der Waals surface area contributed by atoms with Gasteiger partial charge in [-0.15, -0.1) is 11.3 Å². The summed E-state index contributed by atoms with van der Waals surface area (Å²) in [4.78, 5) is 18.6. The molecular weight excluding hydrogens is 472 g/mol. The number of nitrogens with one attached hydrogen (secondary N) is 2. The van der Waals surface area contributed by atoms with Crippen LogP contribution in [0.2, 0.25) is 5.02 Å². The van der Waals surface area contributed by atoms with Crippen molar-refractivity contribution >= 4 is 45.8 Å². The minimum absolute atomic E-state index is 0.265. The van der Waals surface area contributed by atoms with Crippen LogP contribution in [-0.4, -0.2) is 19.8 Å². The third-order valence-electron chi connectivity index (χ3n) is 5.04. The van der Waals surface area contributed by atoms with Crippen LogP contribution < -0.4 is 10.9 Å². The lowest BCUT2D eigenvalue weighted by molar-refractivity contribution is 0.843. The van der Waals surface area contributed by atoms with Gasteiger partial charge < -0.3 is 5.32 Å². The van der Waals surface area contributed by atoms with Crippen LogP contribution in [0.3, 0.4) is 0 Å². The van der Waals surface area contributed by atoms with Gasteiger partial charge >= 0.3 is 0 Å². The highest BCUT2D eigenvalue weighted by Gasteiger charge is 2.22. The Kier molecular flexibility index (Phi) is 5.92. The average Bonchev–Trinajstić information content (AvgIpc) is 3.45. The SMILES string of the molecule is O=c1c(C(=S)Nc2ccccc2)c(-c2ccccc2)[nH]n1-c1nc(-c2ccc(Cl)cc2)cs1. The lowest BCUT2D eigenvalue weighted by atomic mass is 10.1. The minimum Gasteiger partial charge on any atom is -0.346 e. The molecular formula is C25H17ClN4OS2. The molecule has 0 aliphatic carbocycles. The molecule has 0 saturated carbocycles. The standard InChI is InChI=1S/C25H17ClN4OS2/c26-18-13-11-16(12-14-18)20-15-33-25(28-20)30-24(31)21(22(29-30)17-7-3-1-4-8-17)23(32)27-19-9-5-2-6-10-19/h1-15,29H,(H,27,32). The summed E-state index contributed by atoms with van der Waals surface area (Å²) in [5.41, 5.74) is 4.12. The minimum atomic E-state index is -0.265. The Morgan fingerprint density at radius 1 is 0.939 bits per heavy atom. The maximum atomic E-state index is 13.5. The quantitative estimate of drug-likeness (QED) is 0.281. The highest BCUT2D eigenvalue weighted by Crippen LogP contribution is 2.27. The molecule has 0 saturated heterocycles. The summed E-state index contributed by atoms with van der Waals surface area (Å²) < 4.78 is 1.45. The lowest BCUT2D eigenvalue weighted by Gasteiger charge is -2.07. The van der Waals surface area contributed by atoms with Gasteiger partial charge in [-0.1, -0.05) is 84.5 Å². The highest BCUT2D eigenvalue weighted by molar-refractivity contribution is 7.81. The van der Waals surface area contributed by atoms with E-state index in [4.69, 9.17) is 23.8 Å². The molecule has 0 spiro atoms. The van der Waals surface area contributed by atoms with Gasteiger partial charge in [0.25, 0.3) is 5.56 Å². The summed E-state index contributed by atoms with van der Waals surface area (Å²) in [6.07, 6.45) is 0. The maximum Gasteiger partial charge on any atom is 0.284 e. The Morgan fingerprint density at radius 3 is 2.30 bits per heavy atom. The van der Waals surface area contributed by atoms with Crippen molar-refractivity contribution in [1.29, 1.82) is 0 Å². The van der Waals surface area contributed by atoms with E-state index in [9.17, 15) is 4.79 Å². The van der Waals surface area contributed by atoms with Crippen molar-refractivity contribution in [3.8, 4) is 27.6 Å². The molecule has 5 rings (SSSR count). The number of para-hydroxylation sites is 1. The molecule has 5 nitrogen and oxygen atoms in total. The van der Waals surface area contributed by atoms with Crippen molar-refractivity contribution in [3.05, 3.63) is 111 Å². The van der Waals surface area contributed by atoms with Gasteiger partial charge in [-0.3, -0.25) is 9.89 Å². The molecule has 0 unspecified atom stereocenters. The topological polar surface area (TPSA) is 62.7 Å². The summed E-state index contributed by atoms with van der Waals surface area (Å²) in [6, 6.07) is 26.6. The predicted octanol–water partition coefficient (Wildman–Crippen LogP) is 6.40. The zero-order valence-corrected chi connectivity index (χ0v) is 19.5. The summed E-state index contributed by atoms with van der Waals surface area (Å²) in [5, 5.41) is 9.50. The molecule has 2 heterocycles. The van der Waals surface area contributed by atoms with E-state index in [1.807, 2.05) is 90.3 Å². The fourth-order valence-corrected chi connectivity index (χ4v) is 4.66. The molecule has 2 aromatic heterocycles. The largest absolute Gasteiger partial charge is 0.346 e. The van der Waals surface area contributed by atoms with E-state index >= 15 is 0 Å². The number of halogens is 1. The third-order valence-corrected chi connectivity index (χ3v) is 6.42. The first-order chi connectivity index (χ1) is 16.1. The molecule has 3 aromatic carbocycles. The molecule has 0 aliphatic rings.